The highest BCUT2D eigenvalue weighted by Gasteiger charge is 2.40. The summed E-state index contributed by atoms with van der Waals surface area (Å²) in [5.41, 5.74) is 1.06. The van der Waals surface area contributed by atoms with Gasteiger partial charge >= 0.3 is 0 Å². The van der Waals surface area contributed by atoms with Crippen molar-refractivity contribution in [2.75, 3.05) is 13.8 Å². The van der Waals surface area contributed by atoms with Crippen LogP contribution in [-0.4, -0.2) is 19.4 Å². The zero-order valence-corrected chi connectivity index (χ0v) is 11.8. The Morgan fingerprint density at radius 1 is 1.21 bits per heavy atom. The number of fused-ring (bicyclic) bond motifs is 3. The Balaban J connectivity index is 2.09. The molecule has 0 aromatic heterocycles. The smallest absolute Gasteiger partial charge is 0.231 e. The van der Waals surface area contributed by atoms with E-state index >= 15 is 0 Å². The normalized spacial score (nSPS) is 22.8. The summed E-state index contributed by atoms with van der Waals surface area (Å²) in [5, 5.41) is 3.40. The van der Waals surface area contributed by atoms with Gasteiger partial charge < -0.3 is 19.5 Å². The first-order chi connectivity index (χ1) is 9.23. The molecule has 1 atom stereocenters. The molecule has 2 heterocycles. The van der Waals surface area contributed by atoms with E-state index in [-0.39, 0.29) is 12.4 Å². The Kier molecular flexibility index (Phi) is 3.05. The molecule has 1 unspecified atom stereocenters. The van der Waals surface area contributed by atoms with E-state index in [2.05, 4.69) is 25.2 Å². The summed E-state index contributed by atoms with van der Waals surface area (Å²) in [6, 6.07) is 4.36. The Hall–Kier alpha value is -1.42. The summed E-state index contributed by atoms with van der Waals surface area (Å²) >= 11 is 0. The summed E-state index contributed by atoms with van der Waals surface area (Å²) < 4.78 is 17.4. The Morgan fingerprint density at radius 2 is 2.00 bits per heavy atom. The lowest BCUT2D eigenvalue weighted by Gasteiger charge is -2.41. The number of rotatable bonds is 3. The van der Waals surface area contributed by atoms with E-state index in [0.717, 1.165) is 36.5 Å². The Labute approximate surface area is 114 Å². The van der Waals surface area contributed by atoms with Crippen LogP contribution in [0, 0.1) is 0 Å². The lowest BCUT2D eigenvalue weighted by molar-refractivity contribution is 0.0206. The molecule has 1 N–H and O–H groups in total. The first kappa shape index (κ1) is 12.6. The van der Waals surface area contributed by atoms with Gasteiger partial charge in [0.15, 0.2) is 11.5 Å². The van der Waals surface area contributed by atoms with Gasteiger partial charge in [-0.3, -0.25) is 0 Å². The molecule has 2 aliphatic rings. The van der Waals surface area contributed by atoms with Crippen molar-refractivity contribution in [3.05, 3.63) is 17.7 Å². The lowest BCUT2D eigenvalue weighted by atomic mass is 9.83. The summed E-state index contributed by atoms with van der Waals surface area (Å²) in [4.78, 5) is 0. The number of nitrogens with one attached hydrogen (secondary N) is 1. The molecule has 0 saturated carbocycles. The fourth-order valence-electron chi connectivity index (χ4n) is 3.02. The second-order valence-corrected chi connectivity index (χ2v) is 5.26. The Bertz CT molecular complexity index is 483. The molecule has 0 saturated heterocycles. The Morgan fingerprint density at radius 3 is 2.68 bits per heavy atom. The van der Waals surface area contributed by atoms with Crippen molar-refractivity contribution < 1.29 is 14.2 Å². The molecule has 0 radical (unpaired) electrons. The van der Waals surface area contributed by atoms with Crippen LogP contribution in [0.3, 0.4) is 0 Å². The maximum Gasteiger partial charge on any atom is 0.231 e. The second kappa shape index (κ2) is 4.60. The molecule has 1 aromatic carbocycles. The molecule has 3 rings (SSSR count). The lowest BCUT2D eigenvalue weighted by Crippen LogP contribution is -2.42. The number of ether oxygens (including phenoxy) is 3. The minimum Gasteiger partial charge on any atom is -0.483 e. The molecule has 2 aliphatic heterocycles. The maximum atomic E-state index is 6.35. The maximum absolute atomic E-state index is 6.35. The number of hydrogen-bond acceptors (Lipinski definition) is 4. The first-order valence-electron chi connectivity index (χ1n) is 7.02. The molecule has 0 fully saturated rings. The highest BCUT2D eigenvalue weighted by Crippen LogP contribution is 2.51. The van der Waals surface area contributed by atoms with Gasteiger partial charge in [0.2, 0.25) is 12.5 Å². The van der Waals surface area contributed by atoms with E-state index in [1.807, 2.05) is 13.1 Å². The topological polar surface area (TPSA) is 39.7 Å². The molecule has 1 aromatic rings. The predicted octanol–water partition coefficient (Wildman–Crippen LogP) is 3.02. The van der Waals surface area contributed by atoms with E-state index in [1.165, 1.54) is 5.56 Å². The molecular formula is C15H21NO3. The fourth-order valence-corrected chi connectivity index (χ4v) is 3.02. The first-order valence-corrected chi connectivity index (χ1v) is 7.02. The molecular weight excluding hydrogens is 242 g/mol. The fraction of sp³-hybridized carbons (Fsp3) is 0.600. The molecule has 4 nitrogen and oxygen atoms in total. The zero-order chi connectivity index (χ0) is 13.5. The summed E-state index contributed by atoms with van der Waals surface area (Å²) in [7, 11) is 2.00. The summed E-state index contributed by atoms with van der Waals surface area (Å²) in [5.74, 6) is 2.42. The van der Waals surface area contributed by atoms with Crippen LogP contribution in [0.15, 0.2) is 12.1 Å². The van der Waals surface area contributed by atoms with Crippen molar-refractivity contribution in [2.24, 2.45) is 0 Å². The van der Waals surface area contributed by atoms with E-state index in [1.54, 1.807) is 0 Å². The van der Waals surface area contributed by atoms with Crippen molar-refractivity contribution in [3.63, 3.8) is 0 Å². The van der Waals surface area contributed by atoms with E-state index in [4.69, 9.17) is 14.2 Å². The van der Waals surface area contributed by atoms with Gasteiger partial charge in [-0.25, -0.2) is 0 Å². The molecule has 104 valence electrons. The summed E-state index contributed by atoms with van der Waals surface area (Å²) in [6.07, 6.45) is 2.97. The molecule has 4 heteroatoms. The quantitative estimate of drug-likeness (QED) is 0.910. The van der Waals surface area contributed by atoms with Crippen LogP contribution in [0.4, 0.5) is 0 Å². The molecule has 19 heavy (non-hydrogen) atoms. The average molecular weight is 263 g/mol. The highest BCUT2D eigenvalue weighted by atomic mass is 16.7. The summed E-state index contributed by atoms with van der Waals surface area (Å²) in [6.45, 7) is 4.65. The third kappa shape index (κ3) is 1.86. The van der Waals surface area contributed by atoms with Crippen molar-refractivity contribution in [1.82, 2.24) is 5.32 Å². The van der Waals surface area contributed by atoms with Crippen molar-refractivity contribution >= 4 is 0 Å². The third-order valence-corrected chi connectivity index (χ3v) is 4.43. The predicted molar refractivity (Wildman–Crippen MR) is 72.9 cm³/mol. The standard InChI is InChI=1S/C15H21NO3/c1-4-15(5-2)8-11(16-3)10-6-7-12-14(13(10)19-15)18-9-17-12/h6-7,11,16H,4-5,8-9H2,1-3H3. The highest BCUT2D eigenvalue weighted by molar-refractivity contribution is 5.59. The average Bonchev–Trinajstić information content (AvgIpc) is 2.94. The van der Waals surface area contributed by atoms with Crippen LogP contribution in [0.5, 0.6) is 17.2 Å². The molecule has 0 aliphatic carbocycles. The SMILES string of the molecule is CCC1(CC)CC(NC)c2ccc3c(c2O1)OCO3. The number of benzene rings is 1. The van der Waals surface area contributed by atoms with Crippen LogP contribution >= 0.6 is 0 Å². The van der Waals surface area contributed by atoms with Crippen LogP contribution in [0.25, 0.3) is 0 Å². The van der Waals surface area contributed by atoms with Gasteiger partial charge in [-0.2, -0.15) is 0 Å². The third-order valence-electron chi connectivity index (χ3n) is 4.43. The zero-order valence-electron chi connectivity index (χ0n) is 11.8. The van der Waals surface area contributed by atoms with Crippen LogP contribution < -0.4 is 19.5 Å². The van der Waals surface area contributed by atoms with Gasteiger partial charge in [0.1, 0.15) is 5.60 Å². The van der Waals surface area contributed by atoms with E-state index in [9.17, 15) is 0 Å². The number of hydrogen-bond donors (Lipinski definition) is 1. The molecule has 0 bridgehead atoms. The van der Waals surface area contributed by atoms with Gasteiger partial charge in [-0.1, -0.05) is 13.8 Å². The van der Waals surface area contributed by atoms with Crippen LogP contribution in [0.2, 0.25) is 0 Å². The van der Waals surface area contributed by atoms with Gasteiger partial charge in [-0.05, 0) is 32.0 Å². The minimum atomic E-state index is -0.109. The van der Waals surface area contributed by atoms with Crippen molar-refractivity contribution in [1.29, 1.82) is 0 Å². The van der Waals surface area contributed by atoms with Gasteiger partial charge in [0.25, 0.3) is 0 Å². The van der Waals surface area contributed by atoms with Crippen molar-refractivity contribution in [2.45, 2.75) is 44.8 Å². The van der Waals surface area contributed by atoms with Gasteiger partial charge in [-0.15, -0.1) is 0 Å². The molecule has 0 spiro atoms. The van der Waals surface area contributed by atoms with E-state index < -0.39 is 0 Å². The van der Waals surface area contributed by atoms with Gasteiger partial charge in [0.05, 0.1) is 0 Å². The van der Waals surface area contributed by atoms with E-state index in [0.29, 0.717) is 6.04 Å². The monoisotopic (exact) mass is 263 g/mol. The van der Waals surface area contributed by atoms with Gasteiger partial charge in [0, 0.05) is 18.0 Å². The largest absolute Gasteiger partial charge is 0.483 e. The molecule has 0 amide bonds. The van der Waals surface area contributed by atoms with Crippen molar-refractivity contribution in [3.8, 4) is 17.2 Å². The minimum absolute atomic E-state index is 0.109. The van der Waals surface area contributed by atoms with Crippen LogP contribution in [-0.2, 0) is 0 Å². The second-order valence-electron chi connectivity index (χ2n) is 5.26. The van der Waals surface area contributed by atoms with Crippen LogP contribution in [0.1, 0.15) is 44.7 Å².